The Kier molecular flexibility index (Phi) is 12.1. The number of aliphatic hydroxyl groups excluding tert-OH is 1. The molecule has 0 spiro atoms. The van der Waals surface area contributed by atoms with Crippen molar-refractivity contribution in [2.24, 2.45) is 0 Å². The smallest absolute Gasteiger partial charge is 0.211 e. The SMILES string of the molecule is Cc1ccc(N(c2ccc(C)cc2)c2ccc(/C=C/c3cc(O)c(C4=C(O)C(=c5c(O)cc(=CC=C6C=CC(=[N+](c7ccc(C)cc7)c7ccc(C)cc7)C=C6)cc5O)C4=O)c(O)c3)cc2)cc1. The van der Waals surface area contributed by atoms with Crippen LogP contribution in [0.15, 0.2) is 187 Å². The van der Waals surface area contributed by atoms with Crippen LogP contribution in [0, 0.1) is 27.7 Å². The van der Waals surface area contributed by atoms with E-state index in [9.17, 15) is 30.3 Å². The Morgan fingerprint density at radius 3 is 1.34 bits per heavy atom. The molecule has 0 amide bonds. The molecule has 8 nitrogen and oxygen atoms in total. The summed E-state index contributed by atoms with van der Waals surface area (Å²) in [5.41, 5.74) is 12.0. The van der Waals surface area contributed by atoms with Crippen molar-refractivity contribution in [2.45, 2.75) is 27.7 Å². The lowest BCUT2D eigenvalue weighted by atomic mass is 9.81. The van der Waals surface area contributed by atoms with E-state index < -0.39 is 34.5 Å². The van der Waals surface area contributed by atoms with Gasteiger partial charge in [-0.1, -0.05) is 107 Å². The minimum absolute atomic E-state index is 0.254. The Bertz CT molecular complexity index is 3280. The fourth-order valence-electron chi connectivity index (χ4n) is 8.36. The maximum absolute atomic E-state index is 13.6. The molecule has 334 valence electrons. The zero-order valence-electron chi connectivity index (χ0n) is 38.0. The first-order valence-corrected chi connectivity index (χ1v) is 22.2. The van der Waals surface area contributed by atoms with Gasteiger partial charge >= 0.3 is 0 Å². The number of phenolic OH excluding ortho intramolecular Hbond substituents is 4. The molecule has 0 bridgehead atoms. The van der Waals surface area contributed by atoms with E-state index in [1.54, 1.807) is 12.2 Å². The lowest BCUT2D eigenvalue weighted by Gasteiger charge is -2.26. The molecule has 0 atom stereocenters. The number of aryl methyl sites for hydroxylation is 4. The summed E-state index contributed by atoms with van der Waals surface area (Å²) in [6.07, 6.45) is 15.1. The summed E-state index contributed by atoms with van der Waals surface area (Å²) >= 11 is 0. The van der Waals surface area contributed by atoms with Crippen LogP contribution >= 0.6 is 0 Å². The van der Waals surface area contributed by atoms with Crippen LogP contribution < -0.4 is 19.9 Å². The fraction of sp³-hybridized carbons (Fsp3) is 0.0667. The third-order valence-electron chi connectivity index (χ3n) is 12.1. The van der Waals surface area contributed by atoms with Gasteiger partial charge in [-0.05, 0) is 122 Å². The van der Waals surface area contributed by atoms with Crippen molar-refractivity contribution >= 4 is 69.3 Å². The number of carbonyl (C=O) groups is 1. The molecule has 0 aromatic heterocycles. The summed E-state index contributed by atoms with van der Waals surface area (Å²) in [6.45, 7) is 8.24. The van der Waals surface area contributed by atoms with E-state index in [1.807, 2.05) is 60.7 Å². The van der Waals surface area contributed by atoms with E-state index in [2.05, 4.69) is 134 Å². The lowest BCUT2D eigenvalue weighted by Crippen LogP contribution is -2.28. The van der Waals surface area contributed by atoms with E-state index in [-0.39, 0.29) is 21.9 Å². The van der Waals surface area contributed by atoms with Crippen LogP contribution in [0.3, 0.4) is 0 Å². The number of ketones is 1. The van der Waals surface area contributed by atoms with Crippen LogP contribution in [-0.4, -0.2) is 37.0 Å². The van der Waals surface area contributed by atoms with Crippen LogP contribution in [-0.2, 0) is 4.79 Å². The first-order valence-electron chi connectivity index (χ1n) is 22.2. The molecule has 7 aromatic carbocycles. The van der Waals surface area contributed by atoms with Crippen molar-refractivity contribution in [2.75, 3.05) is 4.90 Å². The molecule has 7 aromatic rings. The van der Waals surface area contributed by atoms with Gasteiger partial charge in [-0.3, -0.25) is 4.79 Å². The monoisotopic (exact) mass is 893 g/mol. The number of allylic oxidation sites excluding steroid dienone is 8. The molecule has 0 saturated heterocycles. The van der Waals surface area contributed by atoms with Gasteiger partial charge in [0.05, 0.1) is 21.9 Å². The predicted octanol–water partition coefficient (Wildman–Crippen LogP) is 11.9. The van der Waals surface area contributed by atoms with E-state index in [0.29, 0.717) is 10.8 Å². The highest BCUT2D eigenvalue weighted by Gasteiger charge is 2.39. The van der Waals surface area contributed by atoms with Crippen molar-refractivity contribution in [1.82, 2.24) is 4.58 Å². The highest BCUT2D eigenvalue weighted by molar-refractivity contribution is 6.52. The number of hydrogen-bond donors (Lipinski definition) is 5. The number of hydrogen-bond acceptors (Lipinski definition) is 7. The third-order valence-corrected chi connectivity index (χ3v) is 12.1. The largest absolute Gasteiger partial charge is 0.507 e. The molecule has 68 heavy (non-hydrogen) atoms. The van der Waals surface area contributed by atoms with Gasteiger partial charge in [0.25, 0.3) is 0 Å². The van der Waals surface area contributed by atoms with E-state index in [4.69, 9.17) is 0 Å². The standard InChI is InChI=1S/C60H48N2O6/c1-37-5-21-45(22-6-37)61(46-23-7-38(2)8-24-46)49-29-17-41(18-30-49)13-15-43-33-51(63)55(52(64)34-43)57-59(67)58(60(57)68)56-53(65)35-44(36-54(56)66)16-14-42-19-31-50(32-20-42)62(47-25-9-39(3)10-26-47)48-27-11-40(4)12-28-48/h5-36H,1-4H3,(H4,63,64,65,66,67,68)/p+1/b15-13+. The Labute approximate surface area is 395 Å². The first-order chi connectivity index (χ1) is 32.8. The van der Waals surface area contributed by atoms with E-state index >= 15 is 0 Å². The second kappa shape index (κ2) is 18.5. The van der Waals surface area contributed by atoms with Crippen LogP contribution in [0.1, 0.15) is 38.9 Å². The quantitative estimate of drug-likeness (QED) is 0.0722. The van der Waals surface area contributed by atoms with E-state index in [0.717, 1.165) is 45.3 Å². The molecule has 2 aliphatic carbocycles. The summed E-state index contributed by atoms with van der Waals surface area (Å²) in [6, 6.07) is 47.0. The molecule has 8 heteroatoms. The number of anilines is 3. The van der Waals surface area contributed by atoms with E-state index in [1.165, 1.54) is 46.5 Å². The normalized spacial score (nSPS) is 13.3. The number of nitrogens with zero attached hydrogens (tertiary/aromatic N) is 2. The summed E-state index contributed by atoms with van der Waals surface area (Å²) in [5, 5.41) is 55.8. The van der Waals surface area contributed by atoms with Gasteiger partial charge in [-0.15, -0.1) is 0 Å². The minimum Gasteiger partial charge on any atom is -0.507 e. The second-order valence-corrected chi connectivity index (χ2v) is 17.2. The molecular weight excluding hydrogens is 845 g/mol. The molecule has 0 saturated carbocycles. The second-order valence-electron chi connectivity index (χ2n) is 17.2. The van der Waals surface area contributed by atoms with Gasteiger partial charge in [0.15, 0.2) is 0 Å². The number of phenols is 4. The number of benzene rings is 7. The number of Topliss-reactive ketones (excluding diaryl/α,β-unsaturated/α-hetero) is 1. The Morgan fingerprint density at radius 1 is 0.456 bits per heavy atom. The van der Waals surface area contributed by atoms with Gasteiger partial charge in [0, 0.05) is 53.5 Å². The summed E-state index contributed by atoms with van der Waals surface area (Å²) in [5.74, 6) is -3.06. The van der Waals surface area contributed by atoms with Crippen molar-refractivity contribution in [3.05, 3.63) is 237 Å². The zero-order chi connectivity index (χ0) is 47.6. The van der Waals surface area contributed by atoms with Crippen LogP contribution in [0.4, 0.5) is 28.4 Å². The van der Waals surface area contributed by atoms with Crippen molar-refractivity contribution < 1.29 is 30.3 Å². The summed E-state index contributed by atoms with van der Waals surface area (Å²) < 4.78 is 2.18. The molecular formula is C60H49N2O6+. The van der Waals surface area contributed by atoms with Crippen molar-refractivity contribution in [3.63, 3.8) is 0 Å². The average Bonchev–Trinajstić information content (AvgIpc) is 3.33. The minimum atomic E-state index is -0.763. The Balaban J connectivity index is 0.941. The topological polar surface area (TPSA) is 124 Å². The predicted molar refractivity (Wildman–Crippen MR) is 276 cm³/mol. The fourth-order valence-corrected chi connectivity index (χ4v) is 8.36. The number of carbonyl (C=O) groups excluding carboxylic acids is 1. The summed E-state index contributed by atoms with van der Waals surface area (Å²) in [4.78, 5) is 15.8. The van der Waals surface area contributed by atoms with Crippen LogP contribution in [0.25, 0.3) is 29.4 Å². The molecule has 9 rings (SSSR count). The average molecular weight is 894 g/mol. The number of aromatic hydroxyl groups is 4. The highest BCUT2D eigenvalue weighted by Crippen LogP contribution is 2.45. The van der Waals surface area contributed by atoms with Crippen LogP contribution in [0.5, 0.6) is 23.0 Å². The van der Waals surface area contributed by atoms with Gasteiger partial charge < -0.3 is 30.4 Å². The zero-order valence-corrected chi connectivity index (χ0v) is 38.0. The van der Waals surface area contributed by atoms with Gasteiger partial charge in [0.1, 0.15) is 28.8 Å². The number of rotatable bonds is 9. The Hall–Kier alpha value is -8.88. The molecule has 0 radical (unpaired) electrons. The van der Waals surface area contributed by atoms with Crippen molar-refractivity contribution in [1.29, 1.82) is 0 Å². The Morgan fingerprint density at radius 2 is 0.882 bits per heavy atom. The van der Waals surface area contributed by atoms with Crippen molar-refractivity contribution in [3.8, 4) is 23.0 Å². The lowest BCUT2D eigenvalue weighted by molar-refractivity contribution is -0.110. The van der Waals surface area contributed by atoms with Gasteiger partial charge in [0.2, 0.25) is 22.9 Å². The molecule has 0 fully saturated rings. The molecule has 0 aliphatic heterocycles. The molecule has 2 aliphatic rings. The molecule has 0 heterocycles. The van der Waals surface area contributed by atoms with Gasteiger partial charge in [-0.25, -0.2) is 0 Å². The molecule has 5 N–H and O–H groups in total. The highest BCUT2D eigenvalue weighted by atomic mass is 16.3. The first kappa shape index (κ1) is 44.3. The number of aliphatic hydroxyl groups is 1. The summed E-state index contributed by atoms with van der Waals surface area (Å²) in [7, 11) is 0. The maximum atomic E-state index is 13.6. The maximum Gasteiger partial charge on any atom is 0.211 e. The van der Waals surface area contributed by atoms with Crippen LogP contribution in [0.2, 0.25) is 0 Å². The van der Waals surface area contributed by atoms with Gasteiger partial charge in [-0.2, -0.15) is 4.58 Å². The molecule has 0 unspecified atom stereocenters. The third kappa shape index (κ3) is 9.03.